The first-order valence-electron chi connectivity index (χ1n) is 9.05. The molecule has 27 heavy (non-hydrogen) atoms. The summed E-state index contributed by atoms with van der Waals surface area (Å²) >= 11 is 0. The van der Waals surface area contributed by atoms with Gasteiger partial charge in [0, 0.05) is 25.5 Å². The van der Waals surface area contributed by atoms with E-state index in [1.165, 1.54) is 0 Å². The molecule has 1 N–H and O–H groups in total. The van der Waals surface area contributed by atoms with Gasteiger partial charge in [-0.1, -0.05) is 40.3 Å². The highest BCUT2D eigenvalue weighted by molar-refractivity contribution is 5.69. The Hall–Kier alpha value is -2.31. The fourth-order valence-corrected chi connectivity index (χ4v) is 2.36. The topological polar surface area (TPSA) is 69.6 Å². The second-order valence-corrected chi connectivity index (χ2v) is 5.80. The van der Waals surface area contributed by atoms with E-state index >= 15 is 0 Å². The lowest BCUT2D eigenvalue weighted by atomic mass is 10.3. The van der Waals surface area contributed by atoms with Crippen molar-refractivity contribution in [1.29, 1.82) is 0 Å². The average Bonchev–Trinajstić information content (AvgIpc) is 2.67. The number of carboxylic acids is 1. The van der Waals surface area contributed by atoms with Gasteiger partial charge in [-0.25, -0.2) is 0 Å². The lowest BCUT2D eigenvalue weighted by molar-refractivity contribution is -0.138. The van der Waals surface area contributed by atoms with Crippen LogP contribution in [0.3, 0.4) is 0 Å². The molecule has 0 fully saturated rings. The van der Waals surface area contributed by atoms with Gasteiger partial charge >= 0.3 is 5.97 Å². The molecule has 6 nitrogen and oxygen atoms in total. The van der Waals surface area contributed by atoms with E-state index in [0.717, 1.165) is 44.1 Å². The number of likely N-dealkylation sites (N-methyl/N-ethyl adjacent to an activating group) is 1. The molecule has 150 valence electrons. The quantitative estimate of drug-likeness (QED) is 0.724. The fourth-order valence-electron chi connectivity index (χ4n) is 2.36. The van der Waals surface area contributed by atoms with Crippen molar-refractivity contribution in [3.8, 4) is 0 Å². The molecule has 0 unspecified atom stereocenters. The van der Waals surface area contributed by atoms with Gasteiger partial charge in [-0.3, -0.25) is 24.6 Å². The summed E-state index contributed by atoms with van der Waals surface area (Å²) in [6.07, 6.45) is 3.67. The van der Waals surface area contributed by atoms with Crippen LogP contribution in [-0.4, -0.2) is 57.0 Å². The average molecular weight is 375 g/mol. The van der Waals surface area contributed by atoms with Crippen molar-refractivity contribution in [1.82, 2.24) is 19.8 Å². The van der Waals surface area contributed by atoms with Crippen molar-refractivity contribution in [2.24, 2.45) is 0 Å². The highest BCUT2D eigenvalue weighted by Gasteiger charge is 2.05. The van der Waals surface area contributed by atoms with Crippen LogP contribution in [-0.2, 0) is 17.9 Å². The van der Waals surface area contributed by atoms with Gasteiger partial charge in [0.25, 0.3) is 0 Å². The van der Waals surface area contributed by atoms with E-state index < -0.39 is 5.97 Å². The number of nitrogens with zero attached hydrogens (tertiary/aromatic N) is 4. The van der Waals surface area contributed by atoms with E-state index in [4.69, 9.17) is 5.11 Å². The Kier molecular flexibility index (Phi) is 13.5. The summed E-state index contributed by atoms with van der Waals surface area (Å²) in [7, 11) is 0. The molecule has 2 rings (SSSR count). The van der Waals surface area contributed by atoms with Gasteiger partial charge in [0.15, 0.2) is 0 Å². The monoisotopic (exact) mass is 374 g/mol. The molecule has 0 saturated heterocycles. The third-order valence-electron chi connectivity index (χ3n) is 3.92. The predicted molar refractivity (Wildman–Crippen MR) is 110 cm³/mol. The van der Waals surface area contributed by atoms with Crippen LogP contribution in [0, 0.1) is 0 Å². The number of carbonyl (C=O) groups is 1. The minimum atomic E-state index is -0.751. The molecule has 0 aliphatic rings. The van der Waals surface area contributed by atoms with Gasteiger partial charge in [0.2, 0.25) is 0 Å². The summed E-state index contributed by atoms with van der Waals surface area (Å²) in [6, 6.07) is 12.0. The summed E-state index contributed by atoms with van der Waals surface area (Å²) in [5.74, 6) is -0.751. The second-order valence-electron chi connectivity index (χ2n) is 5.80. The van der Waals surface area contributed by atoms with Crippen molar-refractivity contribution < 1.29 is 9.90 Å². The van der Waals surface area contributed by atoms with Crippen LogP contribution in [0.5, 0.6) is 0 Å². The maximum Gasteiger partial charge on any atom is 0.317 e. The molecule has 0 spiro atoms. The van der Waals surface area contributed by atoms with Crippen LogP contribution >= 0.6 is 0 Å². The van der Waals surface area contributed by atoms with Crippen LogP contribution < -0.4 is 0 Å². The number of hydrogen-bond donors (Lipinski definition) is 1. The standard InChI is InChI=1S/C14H17N3.C6H13NO2.CH4/c1-2-17(11-13-7-3-5-9-15-13)12-14-8-4-6-10-16-14;1-3-7(4-2)5-6(8)9;/h3-10H,2,11-12H2,1H3;3-5H2,1-2H3,(H,8,9);1H4. The minimum absolute atomic E-state index is 0. The van der Waals surface area contributed by atoms with Gasteiger partial charge in [-0.05, 0) is 43.9 Å². The summed E-state index contributed by atoms with van der Waals surface area (Å²) in [6.45, 7) is 10.6. The third-order valence-corrected chi connectivity index (χ3v) is 3.92. The van der Waals surface area contributed by atoms with Crippen molar-refractivity contribution in [3.05, 3.63) is 60.2 Å². The first kappa shape index (κ1) is 24.7. The SMILES string of the molecule is C.CCN(CC)CC(=O)O.CCN(Cc1ccccn1)Cc1ccccn1. The number of hydrogen-bond acceptors (Lipinski definition) is 5. The number of rotatable bonds is 9. The molecular formula is C21H34N4O2. The lowest BCUT2D eigenvalue weighted by Gasteiger charge is -2.19. The first-order valence-corrected chi connectivity index (χ1v) is 9.05. The molecular weight excluding hydrogens is 340 g/mol. The summed E-state index contributed by atoms with van der Waals surface area (Å²) in [4.78, 5) is 23.0. The zero-order chi connectivity index (χ0) is 19.2. The number of pyridine rings is 2. The maximum atomic E-state index is 10.1. The lowest BCUT2D eigenvalue weighted by Crippen LogP contribution is -2.29. The Morgan fingerprint density at radius 2 is 1.30 bits per heavy atom. The van der Waals surface area contributed by atoms with Gasteiger partial charge in [-0.2, -0.15) is 0 Å². The zero-order valence-corrected chi connectivity index (χ0v) is 16.0. The number of aromatic nitrogens is 2. The van der Waals surface area contributed by atoms with Gasteiger partial charge in [-0.15, -0.1) is 0 Å². The van der Waals surface area contributed by atoms with Crippen molar-refractivity contribution in [3.63, 3.8) is 0 Å². The Morgan fingerprint density at radius 1 is 0.852 bits per heavy atom. The molecule has 2 aromatic rings. The maximum absolute atomic E-state index is 10.1. The molecule has 0 saturated carbocycles. The van der Waals surface area contributed by atoms with E-state index in [9.17, 15) is 4.79 Å². The van der Waals surface area contributed by atoms with Gasteiger partial charge in [0.05, 0.1) is 17.9 Å². The summed E-state index contributed by atoms with van der Waals surface area (Å²) < 4.78 is 0. The predicted octanol–water partition coefficient (Wildman–Crippen LogP) is 3.55. The Morgan fingerprint density at radius 3 is 1.56 bits per heavy atom. The minimum Gasteiger partial charge on any atom is -0.480 e. The Bertz CT molecular complexity index is 563. The number of aliphatic carboxylic acids is 1. The normalized spacial score (nSPS) is 10.1. The smallest absolute Gasteiger partial charge is 0.317 e. The van der Waals surface area contributed by atoms with E-state index in [2.05, 4.69) is 33.9 Å². The molecule has 0 aliphatic heterocycles. The van der Waals surface area contributed by atoms with Crippen molar-refractivity contribution >= 4 is 5.97 Å². The molecule has 0 aromatic carbocycles. The molecule has 0 atom stereocenters. The zero-order valence-electron chi connectivity index (χ0n) is 16.0. The summed E-state index contributed by atoms with van der Waals surface area (Å²) in [5.41, 5.74) is 2.20. The van der Waals surface area contributed by atoms with Gasteiger partial charge < -0.3 is 5.11 Å². The van der Waals surface area contributed by atoms with Crippen LogP contribution in [0.1, 0.15) is 39.6 Å². The number of carboxylic acid groups (broad SMARTS) is 1. The fraction of sp³-hybridized carbons (Fsp3) is 0.476. The van der Waals surface area contributed by atoms with Crippen molar-refractivity contribution in [2.75, 3.05) is 26.2 Å². The Balaban J connectivity index is 0.000000584. The Labute approximate surface area is 163 Å². The summed E-state index contributed by atoms with van der Waals surface area (Å²) in [5, 5.41) is 8.30. The van der Waals surface area contributed by atoms with Gasteiger partial charge in [0.1, 0.15) is 0 Å². The molecule has 0 bridgehead atoms. The van der Waals surface area contributed by atoms with Crippen LogP contribution in [0.15, 0.2) is 48.8 Å². The molecule has 6 heteroatoms. The van der Waals surface area contributed by atoms with Crippen molar-refractivity contribution in [2.45, 2.75) is 41.3 Å². The molecule has 0 amide bonds. The van der Waals surface area contributed by atoms with Crippen LogP contribution in [0.4, 0.5) is 0 Å². The van der Waals surface area contributed by atoms with E-state index in [-0.39, 0.29) is 14.0 Å². The largest absolute Gasteiger partial charge is 0.480 e. The van der Waals surface area contributed by atoms with Crippen LogP contribution in [0.2, 0.25) is 0 Å². The van der Waals surface area contributed by atoms with Crippen LogP contribution in [0.25, 0.3) is 0 Å². The third kappa shape index (κ3) is 11.1. The molecule has 0 aliphatic carbocycles. The second kappa shape index (κ2) is 14.8. The molecule has 2 aromatic heterocycles. The molecule has 0 radical (unpaired) electrons. The highest BCUT2D eigenvalue weighted by atomic mass is 16.4. The first-order chi connectivity index (χ1) is 12.6. The molecule has 2 heterocycles. The van der Waals surface area contributed by atoms with E-state index in [0.29, 0.717) is 0 Å². The van der Waals surface area contributed by atoms with E-state index in [1.807, 2.05) is 55.4 Å². The van der Waals surface area contributed by atoms with E-state index in [1.54, 1.807) is 0 Å². The highest BCUT2D eigenvalue weighted by Crippen LogP contribution is 2.05.